The highest BCUT2D eigenvalue weighted by Gasteiger charge is 2.26. The monoisotopic (exact) mass is 255 g/mol. The molecule has 8 heteroatoms. The lowest BCUT2D eigenvalue weighted by Crippen LogP contribution is -2.34. The number of likely N-dealkylation sites (tertiary alicyclic amines) is 1. The summed E-state index contributed by atoms with van der Waals surface area (Å²) in [7, 11) is 0. The normalized spacial score (nSPS) is 20.3. The average molecular weight is 255 g/mol. The Morgan fingerprint density at radius 2 is 2.33 bits per heavy atom. The van der Waals surface area contributed by atoms with E-state index in [0.29, 0.717) is 19.6 Å². The summed E-state index contributed by atoms with van der Waals surface area (Å²) in [6.07, 6.45) is 1.10. The second-order valence-corrected chi connectivity index (χ2v) is 4.39. The number of aliphatic carboxylic acids is 1. The summed E-state index contributed by atoms with van der Waals surface area (Å²) >= 11 is 0. The third-order valence-corrected chi connectivity index (χ3v) is 3.03. The van der Waals surface area contributed by atoms with Gasteiger partial charge in [0.15, 0.2) is 0 Å². The van der Waals surface area contributed by atoms with Crippen LogP contribution < -0.4 is 5.73 Å². The topological polar surface area (TPSA) is 132 Å². The minimum atomic E-state index is -1.09. The van der Waals surface area contributed by atoms with E-state index in [-0.39, 0.29) is 24.7 Å². The van der Waals surface area contributed by atoms with Crippen molar-refractivity contribution in [2.24, 2.45) is 16.8 Å². The quantitative estimate of drug-likeness (QED) is 0.402. The van der Waals surface area contributed by atoms with Crippen LogP contribution in [0.5, 0.6) is 0 Å². The van der Waals surface area contributed by atoms with Crippen LogP contribution in [0.4, 0.5) is 0 Å². The van der Waals surface area contributed by atoms with Crippen molar-refractivity contribution in [2.45, 2.75) is 25.3 Å². The summed E-state index contributed by atoms with van der Waals surface area (Å²) in [6.45, 7) is 1.60. The molecule has 1 heterocycles. The van der Waals surface area contributed by atoms with Crippen LogP contribution in [0.1, 0.15) is 19.3 Å². The van der Waals surface area contributed by atoms with Crippen LogP contribution in [0.25, 0.3) is 10.4 Å². The molecule has 2 atom stereocenters. The number of carboxylic acid groups (broad SMARTS) is 1. The van der Waals surface area contributed by atoms with Crippen LogP contribution in [-0.4, -0.2) is 47.6 Å². The Morgan fingerprint density at radius 1 is 1.61 bits per heavy atom. The highest BCUT2D eigenvalue weighted by molar-refractivity contribution is 5.78. The number of carboxylic acids is 1. The molecular weight excluding hydrogens is 238 g/mol. The zero-order chi connectivity index (χ0) is 13.5. The molecule has 0 bridgehead atoms. The van der Waals surface area contributed by atoms with Gasteiger partial charge in [-0.25, -0.2) is 0 Å². The molecule has 8 nitrogen and oxygen atoms in total. The summed E-state index contributed by atoms with van der Waals surface area (Å²) in [5.74, 6) is -0.974. The smallest absolute Gasteiger partial charge is 0.320 e. The number of hydrogen-bond acceptors (Lipinski definition) is 4. The summed E-state index contributed by atoms with van der Waals surface area (Å²) in [6, 6.07) is -0.990. The second kappa shape index (κ2) is 6.83. The van der Waals surface area contributed by atoms with Gasteiger partial charge in [0.2, 0.25) is 5.91 Å². The van der Waals surface area contributed by atoms with Crippen molar-refractivity contribution in [2.75, 3.05) is 19.6 Å². The van der Waals surface area contributed by atoms with Crippen molar-refractivity contribution < 1.29 is 14.7 Å². The van der Waals surface area contributed by atoms with Crippen molar-refractivity contribution in [1.82, 2.24) is 4.90 Å². The third kappa shape index (κ3) is 4.23. The van der Waals surface area contributed by atoms with Gasteiger partial charge in [0.05, 0.1) is 0 Å². The summed E-state index contributed by atoms with van der Waals surface area (Å²) in [5.41, 5.74) is 13.5. The van der Waals surface area contributed by atoms with Gasteiger partial charge in [0.1, 0.15) is 6.04 Å². The van der Waals surface area contributed by atoms with Crippen LogP contribution in [0, 0.1) is 5.92 Å². The van der Waals surface area contributed by atoms with Gasteiger partial charge >= 0.3 is 5.97 Å². The first-order valence-electron chi connectivity index (χ1n) is 5.81. The number of nitrogens with two attached hydrogens (primary N) is 1. The second-order valence-electron chi connectivity index (χ2n) is 4.39. The van der Waals surface area contributed by atoms with Gasteiger partial charge in [-0.2, -0.15) is 0 Å². The van der Waals surface area contributed by atoms with E-state index in [1.165, 1.54) is 0 Å². The molecule has 0 aromatic rings. The molecule has 1 saturated heterocycles. The van der Waals surface area contributed by atoms with Crippen LogP contribution >= 0.6 is 0 Å². The summed E-state index contributed by atoms with van der Waals surface area (Å²) in [5, 5.41) is 12.1. The van der Waals surface area contributed by atoms with E-state index in [1.54, 1.807) is 4.90 Å². The standard InChI is InChI=1S/C10H17N5O3/c11-8(10(17)18)1-2-9(16)15-4-3-7(6-15)5-13-14-12/h7-8H,1-6,11H2,(H,17,18)/t7?,8-/m0/s1. The maximum absolute atomic E-state index is 11.8. The molecule has 0 aliphatic carbocycles. The molecule has 1 unspecified atom stereocenters. The molecule has 0 saturated carbocycles. The fourth-order valence-corrected chi connectivity index (χ4v) is 1.92. The molecule has 0 aromatic heterocycles. The molecule has 100 valence electrons. The first-order valence-corrected chi connectivity index (χ1v) is 5.81. The minimum Gasteiger partial charge on any atom is -0.480 e. The number of rotatable bonds is 6. The summed E-state index contributed by atoms with van der Waals surface area (Å²) < 4.78 is 0. The van der Waals surface area contributed by atoms with Crippen molar-refractivity contribution in [3.05, 3.63) is 10.4 Å². The van der Waals surface area contributed by atoms with E-state index in [1.807, 2.05) is 0 Å². The minimum absolute atomic E-state index is 0.0878. The molecule has 1 aliphatic heterocycles. The summed E-state index contributed by atoms with van der Waals surface area (Å²) in [4.78, 5) is 26.6. The molecule has 1 fully saturated rings. The first kappa shape index (κ1) is 14.3. The number of nitrogens with zero attached hydrogens (tertiary/aromatic N) is 4. The molecule has 0 radical (unpaired) electrons. The predicted octanol–water partition coefficient (Wildman–Crippen LogP) is 0.337. The molecule has 0 spiro atoms. The van der Waals surface area contributed by atoms with Crippen molar-refractivity contribution >= 4 is 11.9 Å². The van der Waals surface area contributed by atoms with Crippen molar-refractivity contribution in [1.29, 1.82) is 0 Å². The Hall–Kier alpha value is -1.79. The van der Waals surface area contributed by atoms with Gasteiger partial charge in [-0.15, -0.1) is 0 Å². The van der Waals surface area contributed by atoms with E-state index in [2.05, 4.69) is 10.0 Å². The maximum atomic E-state index is 11.8. The average Bonchev–Trinajstić information content (AvgIpc) is 2.81. The highest BCUT2D eigenvalue weighted by Crippen LogP contribution is 2.18. The fraction of sp³-hybridized carbons (Fsp3) is 0.800. The number of amides is 1. The number of carbonyl (C=O) groups is 2. The molecule has 3 N–H and O–H groups in total. The van der Waals surface area contributed by atoms with E-state index in [9.17, 15) is 9.59 Å². The van der Waals surface area contributed by atoms with Crippen LogP contribution in [0.2, 0.25) is 0 Å². The Bertz CT molecular complexity index is 367. The first-order chi connectivity index (χ1) is 8.54. The maximum Gasteiger partial charge on any atom is 0.320 e. The van der Waals surface area contributed by atoms with E-state index in [0.717, 1.165) is 6.42 Å². The van der Waals surface area contributed by atoms with Gasteiger partial charge in [0, 0.05) is 31.0 Å². The molecule has 1 rings (SSSR count). The molecule has 18 heavy (non-hydrogen) atoms. The number of carbonyl (C=O) groups excluding carboxylic acids is 1. The van der Waals surface area contributed by atoms with E-state index >= 15 is 0 Å². The Morgan fingerprint density at radius 3 is 2.94 bits per heavy atom. The van der Waals surface area contributed by atoms with Crippen LogP contribution in [0.15, 0.2) is 5.11 Å². The largest absolute Gasteiger partial charge is 0.480 e. The number of hydrogen-bond donors (Lipinski definition) is 2. The SMILES string of the molecule is [N-]=[N+]=NCC1CCN(C(=O)CC[C@H](N)C(=O)O)C1. The lowest BCUT2D eigenvalue weighted by molar-refractivity contribution is -0.139. The molecule has 0 aromatic carbocycles. The van der Waals surface area contributed by atoms with Gasteiger partial charge in [0.25, 0.3) is 0 Å². The lowest BCUT2D eigenvalue weighted by Gasteiger charge is -2.16. The van der Waals surface area contributed by atoms with E-state index < -0.39 is 12.0 Å². The zero-order valence-corrected chi connectivity index (χ0v) is 10.0. The van der Waals surface area contributed by atoms with Crippen molar-refractivity contribution in [3.8, 4) is 0 Å². The van der Waals surface area contributed by atoms with Gasteiger partial charge in [-0.05, 0) is 24.3 Å². The predicted molar refractivity (Wildman–Crippen MR) is 63.5 cm³/mol. The van der Waals surface area contributed by atoms with Crippen LogP contribution in [-0.2, 0) is 9.59 Å². The third-order valence-electron chi connectivity index (χ3n) is 3.03. The molecule has 1 amide bonds. The zero-order valence-electron chi connectivity index (χ0n) is 10.0. The van der Waals surface area contributed by atoms with Gasteiger partial charge in [-0.1, -0.05) is 5.11 Å². The van der Waals surface area contributed by atoms with Crippen LogP contribution in [0.3, 0.4) is 0 Å². The van der Waals surface area contributed by atoms with Crippen molar-refractivity contribution in [3.63, 3.8) is 0 Å². The lowest BCUT2D eigenvalue weighted by atomic mass is 10.1. The number of azide groups is 1. The Labute approximate surface area is 104 Å². The Balaban J connectivity index is 2.31. The molecular formula is C10H17N5O3. The Kier molecular flexibility index (Phi) is 5.41. The molecule has 1 aliphatic rings. The fourth-order valence-electron chi connectivity index (χ4n) is 1.92. The van der Waals surface area contributed by atoms with Gasteiger partial charge < -0.3 is 15.7 Å². The van der Waals surface area contributed by atoms with E-state index in [4.69, 9.17) is 16.4 Å². The van der Waals surface area contributed by atoms with Gasteiger partial charge in [-0.3, -0.25) is 9.59 Å². The highest BCUT2D eigenvalue weighted by atomic mass is 16.4.